The van der Waals surface area contributed by atoms with Gasteiger partial charge in [-0.3, -0.25) is 9.59 Å². The number of carbonyl (C=O) groups excluding carboxylic acids is 2. The lowest BCUT2D eigenvalue weighted by Gasteiger charge is -2.22. The second-order valence-electron chi connectivity index (χ2n) is 18.2. The highest BCUT2D eigenvalue weighted by Gasteiger charge is 2.20. The van der Waals surface area contributed by atoms with Crippen LogP contribution >= 0.6 is 0 Å². The summed E-state index contributed by atoms with van der Waals surface area (Å²) in [5.74, 6) is -0.0671. The molecule has 0 rings (SSSR count). The molecule has 0 spiro atoms. The SMILES string of the molecule is CCCCC/C=C\C/C=C\CCCCCCCC(=O)OCCCCCCCCCCCCCCCC(=O)NC(CO)C(O)CCCCCCCCCCCCCCCCC. The van der Waals surface area contributed by atoms with Crippen molar-refractivity contribution in [2.45, 2.75) is 296 Å². The molecule has 60 heavy (non-hydrogen) atoms. The van der Waals surface area contributed by atoms with Gasteiger partial charge in [0.2, 0.25) is 5.91 Å². The first-order chi connectivity index (χ1) is 29.5. The third-order valence-electron chi connectivity index (χ3n) is 12.3. The number of hydrogen-bond acceptors (Lipinski definition) is 5. The minimum absolute atomic E-state index is 0.0193. The predicted octanol–water partition coefficient (Wildman–Crippen LogP) is 15.9. The van der Waals surface area contributed by atoms with Gasteiger partial charge >= 0.3 is 5.97 Å². The molecule has 0 fully saturated rings. The lowest BCUT2D eigenvalue weighted by atomic mass is 10.0. The normalized spacial score (nSPS) is 12.8. The zero-order valence-electron chi connectivity index (χ0n) is 40.2. The summed E-state index contributed by atoms with van der Waals surface area (Å²) in [5.41, 5.74) is 0. The molecule has 1 amide bonds. The lowest BCUT2D eigenvalue weighted by Crippen LogP contribution is -2.45. The maximum Gasteiger partial charge on any atom is 0.305 e. The summed E-state index contributed by atoms with van der Waals surface area (Å²) in [6, 6.07) is -0.551. The average Bonchev–Trinajstić information content (AvgIpc) is 3.25. The monoisotopic (exact) mass is 846 g/mol. The van der Waals surface area contributed by atoms with E-state index in [1.807, 2.05) is 0 Å². The molecule has 0 heterocycles. The van der Waals surface area contributed by atoms with Gasteiger partial charge in [0.25, 0.3) is 0 Å². The number of aliphatic hydroxyl groups is 2. The summed E-state index contributed by atoms with van der Waals surface area (Å²) in [6.07, 6.45) is 58.6. The van der Waals surface area contributed by atoms with Crippen LogP contribution in [0.1, 0.15) is 284 Å². The van der Waals surface area contributed by atoms with Gasteiger partial charge in [0.15, 0.2) is 0 Å². The van der Waals surface area contributed by atoms with Crippen LogP contribution in [0.3, 0.4) is 0 Å². The Balaban J connectivity index is 3.46. The number of unbranched alkanes of at least 4 members (excludes halogenated alkanes) is 34. The molecule has 0 aliphatic carbocycles. The highest BCUT2D eigenvalue weighted by Crippen LogP contribution is 2.17. The smallest absolute Gasteiger partial charge is 0.305 e. The van der Waals surface area contributed by atoms with Crippen LogP contribution in [0.5, 0.6) is 0 Å². The van der Waals surface area contributed by atoms with Crippen molar-refractivity contribution in [2.75, 3.05) is 13.2 Å². The van der Waals surface area contributed by atoms with Crippen LogP contribution in [0.15, 0.2) is 24.3 Å². The molecule has 354 valence electrons. The van der Waals surface area contributed by atoms with E-state index in [-0.39, 0.29) is 18.5 Å². The summed E-state index contributed by atoms with van der Waals surface area (Å²) in [6.45, 7) is 4.90. The second kappa shape index (κ2) is 50.0. The molecule has 0 aliphatic heterocycles. The van der Waals surface area contributed by atoms with Crippen molar-refractivity contribution in [3.8, 4) is 0 Å². The number of aliphatic hydroxyl groups excluding tert-OH is 2. The Labute approximate surface area is 373 Å². The largest absolute Gasteiger partial charge is 0.466 e. The fourth-order valence-corrected chi connectivity index (χ4v) is 8.14. The van der Waals surface area contributed by atoms with E-state index in [9.17, 15) is 19.8 Å². The summed E-state index contributed by atoms with van der Waals surface area (Å²) < 4.78 is 5.46. The maximum absolute atomic E-state index is 12.5. The Morgan fingerprint density at radius 3 is 1.30 bits per heavy atom. The van der Waals surface area contributed by atoms with Crippen LogP contribution in [0.4, 0.5) is 0 Å². The summed E-state index contributed by atoms with van der Waals surface area (Å²) in [7, 11) is 0. The van der Waals surface area contributed by atoms with Gasteiger partial charge < -0.3 is 20.3 Å². The topological polar surface area (TPSA) is 95.9 Å². The van der Waals surface area contributed by atoms with Crippen molar-refractivity contribution in [3.05, 3.63) is 24.3 Å². The molecule has 0 saturated carbocycles. The fourth-order valence-electron chi connectivity index (χ4n) is 8.14. The van der Waals surface area contributed by atoms with Gasteiger partial charge in [-0.2, -0.15) is 0 Å². The molecule has 6 nitrogen and oxygen atoms in total. The van der Waals surface area contributed by atoms with Crippen molar-refractivity contribution >= 4 is 11.9 Å². The highest BCUT2D eigenvalue weighted by atomic mass is 16.5. The van der Waals surface area contributed by atoms with E-state index in [2.05, 4.69) is 43.5 Å². The minimum Gasteiger partial charge on any atom is -0.466 e. The molecule has 0 bridgehead atoms. The zero-order chi connectivity index (χ0) is 43.7. The Hall–Kier alpha value is -1.66. The number of esters is 1. The number of amides is 1. The predicted molar refractivity (Wildman–Crippen MR) is 260 cm³/mol. The molecule has 6 heteroatoms. The van der Waals surface area contributed by atoms with Crippen LogP contribution < -0.4 is 5.32 Å². The van der Waals surface area contributed by atoms with Gasteiger partial charge in [0, 0.05) is 12.8 Å². The van der Waals surface area contributed by atoms with Crippen LogP contribution in [0.25, 0.3) is 0 Å². The van der Waals surface area contributed by atoms with E-state index in [0.717, 1.165) is 57.8 Å². The van der Waals surface area contributed by atoms with E-state index in [0.29, 0.717) is 25.9 Å². The highest BCUT2D eigenvalue weighted by molar-refractivity contribution is 5.76. The Kier molecular flexibility index (Phi) is 48.6. The standard InChI is InChI=1S/C54H103NO5/c1-3-5-7-9-11-13-15-17-19-22-26-30-34-38-42-46-52(57)51(50-56)55-53(58)47-43-39-35-31-27-23-21-25-29-33-37-41-45-49-60-54(59)48-44-40-36-32-28-24-20-18-16-14-12-10-8-6-4-2/h12,14,18,20,51-52,56-57H,3-11,13,15-17,19,21-50H2,1-2H3,(H,55,58)/b14-12-,20-18-. The maximum atomic E-state index is 12.5. The number of nitrogens with one attached hydrogen (secondary N) is 1. The number of allylic oxidation sites excluding steroid dienone is 4. The molecule has 3 N–H and O–H groups in total. The summed E-state index contributed by atoms with van der Waals surface area (Å²) in [5, 5.41) is 23.2. The van der Waals surface area contributed by atoms with Gasteiger partial charge in [-0.25, -0.2) is 0 Å². The molecule has 2 atom stereocenters. The van der Waals surface area contributed by atoms with Crippen molar-refractivity contribution in [3.63, 3.8) is 0 Å². The van der Waals surface area contributed by atoms with Crippen molar-refractivity contribution in [1.29, 1.82) is 0 Å². The van der Waals surface area contributed by atoms with Crippen LogP contribution in [-0.4, -0.2) is 47.4 Å². The molecule has 0 radical (unpaired) electrons. The molecular formula is C54H103NO5. The Morgan fingerprint density at radius 1 is 0.467 bits per heavy atom. The average molecular weight is 846 g/mol. The Bertz CT molecular complexity index is 935. The number of hydrogen-bond donors (Lipinski definition) is 3. The molecular weight excluding hydrogens is 743 g/mol. The second-order valence-corrected chi connectivity index (χ2v) is 18.2. The first-order valence-electron chi connectivity index (χ1n) is 26.6. The van der Waals surface area contributed by atoms with Gasteiger partial charge in [0.05, 0.1) is 25.4 Å². The third-order valence-corrected chi connectivity index (χ3v) is 12.3. The number of carbonyl (C=O) groups is 2. The first kappa shape index (κ1) is 58.3. The first-order valence-corrected chi connectivity index (χ1v) is 26.6. The van der Waals surface area contributed by atoms with Gasteiger partial charge in [-0.1, -0.05) is 237 Å². The number of ether oxygens (including phenoxy) is 1. The molecule has 0 aromatic heterocycles. The van der Waals surface area contributed by atoms with Crippen molar-refractivity contribution < 1.29 is 24.5 Å². The van der Waals surface area contributed by atoms with Crippen LogP contribution in [0.2, 0.25) is 0 Å². The van der Waals surface area contributed by atoms with E-state index in [1.54, 1.807) is 0 Å². The van der Waals surface area contributed by atoms with Gasteiger partial charge in [-0.15, -0.1) is 0 Å². The third kappa shape index (κ3) is 45.9. The zero-order valence-corrected chi connectivity index (χ0v) is 40.2. The Morgan fingerprint density at radius 2 is 0.833 bits per heavy atom. The van der Waals surface area contributed by atoms with E-state index in [1.165, 1.54) is 193 Å². The molecule has 0 saturated heterocycles. The minimum atomic E-state index is -0.673. The summed E-state index contributed by atoms with van der Waals surface area (Å²) >= 11 is 0. The summed E-state index contributed by atoms with van der Waals surface area (Å²) in [4.78, 5) is 24.5. The van der Waals surface area contributed by atoms with E-state index in [4.69, 9.17) is 4.74 Å². The van der Waals surface area contributed by atoms with Crippen molar-refractivity contribution in [1.82, 2.24) is 5.32 Å². The molecule has 0 aliphatic rings. The molecule has 0 aromatic rings. The molecule has 0 aromatic carbocycles. The van der Waals surface area contributed by atoms with E-state index < -0.39 is 12.1 Å². The van der Waals surface area contributed by atoms with Crippen LogP contribution in [0, 0.1) is 0 Å². The lowest BCUT2D eigenvalue weighted by molar-refractivity contribution is -0.143. The van der Waals surface area contributed by atoms with Crippen molar-refractivity contribution in [2.24, 2.45) is 0 Å². The fraction of sp³-hybridized carbons (Fsp3) is 0.889. The van der Waals surface area contributed by atoms with Crippen LogP contribution in [-0.2, 0) is 14.3 Å². The van der Waals surface area contributed by atoms with Gasteiger partial charge in [0.1, 0.15) is 0 Å². The van der Waals surface area contributed by atoms with E-state index >= 15 is 0 Å². The molecule has 2 unspecified atom stereocenters. The number of rotatable bonds is 49. The van der Waals surface area contributed by atoms with Gasteiger partial charge in [-0.05, 0) is 57.8 Å². The quantitative estimate of drug-likeness (QED) is 0.0322.